The predicted octanol–water partition coefficient (Wildman–Crippen LogP) is 2.88. The van der Waals surface area contributed by atoms with Crippen LogP contribution in [0.1, 0.15) is 65.2 Å². The van der Waals surface area contributed by atoms with Crippen LogP contribution in [0.4, 0.5) is 5.95 Å². The number of fused-ring (bicyclic) bond motifs is 3. The molecule has 0 N–H and O–H groups in total. The van der Waals surface area contributed by atoms with Gasteiger partial charge in [0.1, 0.15) is 0 Å². The van der Waals surface area contributed by atoms with Gasteiger partial charge in [-0.1, -0.05) is 46.0 Å². The van der Waals surface area contributed by atoms with Crippen LogP contribution in [-0.4, -0.2) is 31.3 Å². The second-order valence-corrected chi connectivity index (χ2v) is 8.75. The van der Waals surface area contributed by atoms with Crippen LogP contribution in [0, 0.1) is 5.92 Å². The highest BCUT2D eigenvalue weighted by atomic mass is 16.2. The number of hydrogen-bond donors (Lipinski definition) is 0. The van der Waals surface area contributed by atoms with Gasteiger partial charge in [-0.15, -0.1) is 0 Å². The van der Waals surface area contributed by atoms with Gasteiger partial charge in [-0.3, -0.25) is 13.9 Å². The van der Waals surface area contributed by atoms with E-state index in [1.54, 1.807) is 11.6 Å². The molecule has 2 aliphatic rings. The molecular weight excluding hydrogens is 354 g/mol. The first-order chi connectivity index (χ1) is 13.5. The van der Waals surface area contributed by atoms with Gasteiger partial charge in [-0.05, 0) is 25.2 Å². The van der Waals surface area contributed by atoms with Crippen molar-refractivity contribution in [3.8, 4) is 0 Å². The third kappa shape index (κ3) is 3.18. The normalized spacial score (nSPS) is 20.7. The minimum absolute atomic E-state index is 0.175. The lowest BCUT2D eigenvalue weighted by Gasteiger charge is -2.40. The Morgan fingerprint density at radius 3 is 2.54 bits per heavy atom. The van der Waals surface area contributed by atoms with Crippen LogP contribution in [0.25, 0.3) is 11.2 Å². The van der Waals surface area contributed by atoms with E-state index in [-0.39, 0.29) is 11.2 Å². The molecule has 1 aliphatic heterocycles. The largest absolute Gasteiger partial charge is 0.339 e. The summed E-state index contributed by atoms with van der Waals surface area (Å²) in [6, 6.07) is 0.496. The molecule has 0 bridgehead atoms. The summed E-state index contributed by atoms with van der Waals surface area (Å²) in [5.41, 5.74) is 0.708. The van der Waals surface area contributed by atoms with Crippen molar-refractivity contribution in [3.63, 3.8) is 0 Å². The molecular formula is C21H33N5O2. The summed E-state index contributed by atoms with van der Waals surface area (Å²) in [5.74, 6) is 1.34. The molecule has 2 aromatic heterocycles. The molecule has 3 heterocycles. The molecule has 4 rings (SSSR count). The molecule has 0 aromatic carbocycles. The Bertz CT molecular complexity index is 964. The lowest BCUT2D eigenvalue weighted by molar-refractivity contribution is 0.354. The van der Waals surface area contributed by atoms with Crippen LogP contribution in [0.2, 0.25) is 0 Å². The fourth-order valence-electron chi connectivity index (χ4n) is 4.96. The minimum Gasteiger partial charge on any atom is -0.339 e. The first-order valence-corrected chi connectivity index (χ1v) is 11.0. The van der Waals surface area contributed by atoms with E-state index in [1.165, 1.54) is 36.7 Å². The lowest BCUT2D eigenvalue weighted by atomic mass is 9.93. The van der Waals surface area contributed by atoms with E-state index in [0.29, 0.717) is 29.7 Å². The average Bonchev–Trinajstić information content (AvgIpc) is 3.08. The van der Waals surface area contributed by atoms with Crippen LogP contribution in [0.5, 0.6) is 0 Å². The zero-order valence-corrected chi connectivity index (χ0v) is 17.5. The van der Waals surface area contributed by atoms with Gasteiger partial charge < -0.3 is 9.47 Å². The quantitative estimate of drug-likeness (QED) is 0.740. The number of unbranched alkanes of at least 4 members (excludes halogenated alkanes) is 2. The standard InChI is InChI=1S/C21H33N5O2/c1-4-5-9-12-24-19(27)17-18(23(3)21(24)28)22-20-25(13-15(2)14-26(17)20)16-10-7-6-8-11-16/h15-16H,4-14H2,1-3H3/t15-/m1/s1. The molecule has 0 saturated heterocycles. The van der Waals surface area contributed by atoms with E-state index in [2.05, 4.69) is 23.3 Å². The van der Waals surface area contributed by atoms with Crippen molar-refractivity contribution < 1.29 is 0 Å². The lowest BCUT2D eigenvalue weighted by Crippen LogP contribution is -2.45. The zero-order valence-electron chi connectivity index (χ0n) is 17.5. The Morgan fingerprint density at radius 1 is 1.07 bits per heavy atom. The third-order valence-corrected chi connectivity index (χ3v) is 6.47. The molecule has 0 amide bonds. The van der Waals surface area contributed by atoms with Crippen molar-refractivity contribution in [2.75, 3.05) is 11.4 Å². The molecule has 154 valence electrons. The summed E-state index contributed by atoms with van der Waals surface area (Å²) < 4.78 is 5.07. The van der Waals surface area contributed by atoms with Gasteiger partial charge in [-0.25, -0.2) is 4.79 Å². The molecule has 7 heteroatoms. The number of nitrogens with zero attached hydrogens (tertiary/aromatic N) is 5. The highest BCUT2D eigenvalue weighted by Gasteiger charge is 2.33. The monoisotopic (exact) mass is 387 g/mol. The smallest absolute Gasteiger partial charge is 0.332 e. The molecule has 2 aromatic rings. The SMILES string of the molecule is CCCCCn1c(=O)c2c(nc3n2C[C@H](C)CN3C2CCCCC2)n(C)c1=O. The molecule has 1 fully saturated rings. The van der Waals surface area contributed by atoms with Crippen LogP contribution in [0.15, 0.2) is 9.59 Å². The third-order valence-electron chi connectivity index (χ3n) is 6.47. The Kier molecular flexibility index (Phi) is 5.34. The molecule has 7 nitrogen and oxygen atoms in total. The second kappa shape index (κ2) is 7.76. The maximum atomic E-state index is 13.3. The number of anilines is 1. The van der Waals surface area contributed by atoms with Gasteiger partial charge in [0.15, 0.2) is 11.2 Å². The summed E-state index contributed by atoms with van der Waals surface area (Å²) in [7, 11) is 1.74. The first kappa shape index (κ1) is 19.3. The van der Waals surface area contributed by atoms with Crippen molar-refractivity contribution in [3.05, 3.63) is 20.8 Å². The summed E-state index contributed by atoms with van der Waals surface area (Å²) in [5, 5.41) is 0. The average molecular weight is 388 g/mol. The van der Waals surface area contributed by atoms with E-state index < -0.39 is 0 Å². The first-order valence-electron chi connectivity index (χ1n) is 11.0. The zero-order chi connectivity index (χ0) is 19.8. The maximum absolute atomic E-state index is 13.3. The van der Waals surface area contributed by atoms with Gasteiger partial charge in [0, 0.05) is 32.7 Å². The number of imidazole rings is 1. The number of aryl methyl sites for hydroxylation is 1. The van der Waals surface area contributed by atoms with Crippen LogP contribution >= 0.6 is 0 Å². The molecule has 0 radical (unpaired) electrons. The summed E-state index contributed by atoms with van der Waals surface area (Å²) in [4.78, 5) is 33.4. The fourth-order valence-corrected chi connectivity index (χ4v) is 4.96. The number of rotatable bonds is 5. The van der Waals surface area contributed by atoms with Gasteiger partial charge >= 0.3 is 5.69 Å². The molecule has 1 atom stereocenters. The van der Waals surface area contributed by atoms with E-state index in [1.807, 2.05) is 0 Å². The second-order valence-electron chi connectivity index (χ2n) is 8.75. The highest BCUT2D eigenvalue weighted by molar-refractivity contribution is 5.75. The Morgan fingerprint density at radius 2 is 1.82 bits per heavy atom. The molecule has 1 saturated carbocycles. The van der Waals surface area contributed by atoms with Crippen LogP contribution in [0.3, 0.4) is 0 Å². The Balaban J connectivity index is 1.85. The fraction of sp³-hybridized carbons (Fsp3) is 0.762. The molecule has 0 unspecified atom stereocenters. The van der Waals surface area contributed by atoms with E-state index >= 15 is 0 Å². The summed E-state index contributed by atoms with van der Waals surface area (Å²) in [6.45, 7) is 6.62. The van der Waals surface area contributed by atoms with E-state index in [9.17, 15) is 9.59 Å². The van der Waals surface area contributed by atoms with Gasteiger partial charge in [0.05, 0.1) is 0 Å². The molecule has 28 heavy (non-hydrogen) atoms. The molecule has 1 aliphatic carbocycles. The Labute approximate surface area is 166 Å². The topological polar surface area (TPSA) is 65.1 Å². The van der Waals surface area contributed by atoms with Crippen molar-refractivity contribution in [2.45, 2.75) is 84.3 Å². The van der Waals surface area contributed by atoms with Crippen molar-refractivity contribution in [2.24, 2.45) is 13.0 Å². The minimum atomic E-state index is -0.249. The van der Waals surface area contributed by atoms with Crippen LogP contribution in [-0.2, 0) is 20.1 Å². The van der Waals surface area contributed by atoms with Gasteiger partial charge in [0.25, 0.3) is 5.56 Å². The van der Waals surface area contributed by atoms with E-state index in [0.717, 1.165) is 38.3 Å². The number of hydrogen-bond acceptors (Lipinski definition) is 4. The van der Waals surface area contributed by atoms with E-state index in [4.69, 9.17) is 4.98 Å². The van der Waals surface area contributed by atoms with Gasteiger partial charge in [0.2, 0.25) is 5.95 Å². The van der Waals surface area contributed by atoms with Crippen molar-refractivity contribution in [1.29, 1.82) is 0 Å². The number of aromatic nitrogens is 4. The van der Waals surface area contributed by atoms with Gasteiger partial charge in [-0.2, -0.15) is 4.98 Å². The summed E-state index contributed by atoms with van der Waals surface area (Å²) in [6.07, 6.45) is 9.15. The predicted molar refractivity (Wildman–Crippen MR) is 112 cm³/mol. The maximum Gasteiger partial charge on any atom is 0.332 e. The summed E-state index contributed by atoms with van der Waals surface area (Å²) >= 11 is 0. The Hall–Kier alpha value is -2.05. The molecule has 0 spiro atoms. The highest BCUT2D eigenvalue weighted by Crippen LogP contribution is 2.32. The van der Waals surface area contributed by atoms with Crippen LogP contribution < -0.4 is 16.1 Å². The van der Waals surface area contributed by atoms with Crippen molar-refractivity contribution in [1.82, 2.24) is 18.7 Å². The van der Waals surface area contributed by atoms with Crippen molar-refractivity contribution >= 4 is 17.1 Å².